The van der Waals surface area contributed by atoms with Crippen LogP contribution in [0.4, 0.5) is 11.4 Å². The number of amides is 2. The highest BCUT2D eigenvalue weighted by molar-refractivity contribution is 7.80. The van der Waals surface area contributed by atoms with E-state index in [2.05, 4.69) is 22.9 Å². The second-order valence-corrected chi connectivity index (χ2v) is 7.10. The van der Waals surface area contributed by atoms with E-state index in [0.29, 0.717) is 17.8 Å². The summed E-state index contributed by atoms with van der Waals surface area (Å²) in [5.74, 6) is -0.174. The van der Waals surface area contributed by atoms with Gasteiger partial charge >= 0.3 is 0 Å². The summed E-state index contributed by atoms with van der Waals surface area (Å²) >= 11 is 5.23. The van der Waals surface area contributed by atoms with Crippen molar-refractivity contribution in [2.45, 2.75) is 46.0 Å². The average molecular weight is 398 g/mol. The van der Waals surface area contributed by atoms with Gasteiger partial charge in [0.25, 0.3) is 0 Å². The van der Waals surface area contributed by atoms with Crippen LogP contribution < -0.4 is 16.0 Å². The van der Waals surface area contributed by atoms with Crippen LogP contribution in [0.15, 0.2) is 48.5 Å². The van der Waals surface area contributed by atoms with E-state index in [1.165, 1.54) is 0 Å². The Labute approximate surface area is 171 Å². The van der Waals surface area contributed by atoms with Crippen LogP contribution in [0.2, 0.25) is 0 Å². The zero-order valence-corrected chi connectivity index (χ0v) is 17.2. The van der Waals surface area contributed by atoms with Gasteiger partial charge in [-0.15, -0.1) is 0 Å². The molecule has 148 valence electrons. The van der Waals surface area contributed by atoms with Crippen molar-refractivity contribution >= 4 is 40.5 Å². The van der Waals surface area contributed by atoms with E-state index in [9.17, 15) is 9.59 Å². The fourth-order valence-corrected chi connectivity index (χ4v) is 2.98. The van der Waals surface area contributed by atoms with Gasteiger partial charge in [-0.1, -0.05) is 50.1 Å². The molecule has 2 rings (SSSR count). The predicted octanol–water partition coefficient (Wildman–Crippen LogP) is 4.57. The van der Waals surface area contributed by atoms with Gasteiger partial charge < -0.3 is 16.0 Å². The number of thiocarbonyl (C=S) groups is 1. The standard InChI is InChI=1S/C22H27N3O2S/c1-3-4-5-13-20(26)23-18-11-8-12-19(15-18)24-22(28)25-21(27)14-17-10-7-6-9-16(17)2/h6-12,15H,3-5,13-14H2,1-2H3,(H,23,26)(H2,24,25,27,28). The molecule has 5 nitrogen and oxygen atoms in total. The summed E-state index contributed by atoms with van der Waals surface area (Å²) in [6.07, 6.45) is 3.80. The van der Waals surface area contributed by atoms with E-state index < -0.39 is 0 Å². The first-order chi connectivity index (χ1) is 13.5. The molecule has 0 aromatic heterocycles. The summed E-state index contributed by atoms with van der Waals surface area (Å²) in [5.41, 5.74) is 3.43. The lowest BCUT2D eigenvalue weighted by molar-refractivity contribution is -0.119. The molecule has 6 heteroatoms. The van der Waals surface area contributed by atoms with Crippen molar-refractivity contribution in [1.29, 1.82) is 0 Å². The van der Waals surface area contributed by atoms with E-state index in [4.69, 9.17) is 12.2 Å². The van der Waals surface area contributed by atoms with E-state index in [1.807, 2.05) is 49.4 Å². The number of benzene rings is 2. The molecule has 2 aromatic rings. The number of aryl methyl sites for hydroxylation is 1. The van der Waals surface area contributed by atoms with Crippen molar-refractivity contribution in [3.05, 3.63) is 59.7 Å². The molecule has 3 N–H and O–H groups in total. The fourth-order valence-electron chi connectivity index (χ4n) is 2.75. The van der Waals surface area contributed by atoms with Crippen LogP contribution in [-0.2, 0) is 16.0 Å². The van der Waals surface area contributed by atoms with E-state index >= 15 is 0 Å². The third-order valence-electron chi connectivity index (χ3n) is 4.28. The van der Waals surface area contributed by atoms with Crippen molar-refractivity contribution < 1.29 is 9.59 Å². The Bertz CT molecular complexity index is 836. The summed E-state index contributed by atoms with van der Waals surface area (Å²) in [4.78, 5) is 24.2. The van der Waals surface area contributed by atoms with Crippen LogP contribution in [0.5, 0.6) is 0 Å². The van der Waals surface area contributed by atoms with Gasteiger partial charge in [0, 0.05) is 17.8 Å². The molecule has 0 spiro atoms. The Kier molecular flexibility index (Phi) is 8.62. The van der Waals surface area contributed by atoms with Crippen LogP contribution in [0, 0.1) is 6.92 Å². The summed E-state index contributed by atoms with van der Waals surface area (Å²) in [6, 6.07) is 15.0. The number of hydrogen-bond donors (Lipinski definition) is 3. The first-order valence-corrected chi connectivity index (χ1v) is 9.94. The Balaban J connectivity index is 1.85. The van der Waals surface area contributed by atoms with E-state index in [1.54, 1.807) is 6.07 Å². The molecule has 0 aliphatic heterocycles. The molecule has 0 aliphatic carbocycles. The topological polar surface area (TPSA) is 70.2 Å². The smallest absolute Gasteiger partial charge is 0.230 e. The molecule has 0 saturated carbocycles. The third kappa shape index (κ3) is 7.48. The molecule has 0 unspecified atom stereocenters. The largest absolute Gasteiger partial charge is 0.332 e. The van der Waals surface area contributed by atoms with Gasteiger partial charge in [-0.2, -0.15) is 0 Å². The number of hydrogen-bond acceptors (Lipinski definition) is 3. The normalized spacial score (nSPS) is 10.2. The Morgan fingerprint density at radius 1 is 0.929 bits per heavy atom. The highest BCUT2D eigenvalue weighted by Gasteiger charge is 2.08. The fraction of sp³-hybridized carbons (Fsp3) is 0.318. The molecule has 2 aromatic carbocycles. The Hall–Kier alpha value is -2.73. The van der Waals surface area contributed by atoms with Crippen LogP contribution >= 0.6 is 12.2 Å². The minimum atomic E-state index is -0.174. The molecule has 0 bridgehead atoms. The molecule has 0 heterocycles. The SMILES string of the molecule is CCCCCC(=O)Nc1cccc(NC(=S)NC(=O)Cc2ccccc2C)c1. The molecule has 0 atom stereocenters. The zero-order chi connectivity index (χ0) is 20.4. The molecular formula is C22H27N3O2S. The predicted molar refractivity (Wildman–Crippen MR) is 118 cm³/mol. The lowest BCUT2D eigenvalue weighted by Gasteiger charge is -2.12. The molecule has 2 amide bonds. The van der Waals surface area contributed by atoms with Crippen LogP contribution in [0.3, 0.4) is 0 Å². The number of anilines is 2. The lowest BCUT2D eigenvalue weighted by Crippen LogP contribution is -2.35. The van der Waals surface area contributed by atoms with Gasteiger partial charge in [0.2, 0.25) is 11.8 Å². The Morgan fingerprint density at radius 3 is 2.36 bits per heavy atom. The monoisotopic (exact) mass is 397 g/mol. The van der Waals surface area contributed by atoms with Crippen molar-refractivity contribution in [3.8, 4) is 0 Å². The van der Waals surface area contributed by atoms with Crippen LogP contribution in [-0.4, -0.2) is 16.9 Å². The van der Waals surface area contributed by atoms with E-state index in [0.717, 1.165) is 30.4 Å². The summed E-state index contributed by atoms with van der Waals surface area (Å²) in [7, 11) is 0. The maximum Gasteiger partial charge on any atom is 0.230 e. The van der Waals surface area contributed by atoms with Crippen LogP contribution in [0.25, 0.3) is 0 Å². The summed E-state index contributed by atoms with van der Waals surface area (Å²) in [5, 5.41) is 8.79. The second kappa shape index (κ2) is 11.2. The lowest BCUT2D eigenvalue weighted by atomic mass is 10.1. The van der Waals surface area contributed by atoms with Gasteiger partial charge in [-0.05, 0) is 54.9 Å². The third-order valence-corrected chi connectivity index (χ3v) is 4.48. The molecule has 0 saturated heterocycles. The van der Waals surface area contributed by atoms with Crippen molar-refractivity contribution in [2.24, 2.45) is 0 Å². The second-order valence-electron chi connectivity index (χ2n) is 6.69. The summed E-state index contributed by atoms with van der Waals surface area (Å²) in [6.45, 7) is 4.08. The molecule has 0 radical (unpaired) electrons. The highest BCUT2D eigenvalue weighted by Crippen LogP contribution is 2.16. The number of rotatable bonds is 8. The molecular weight excluding hydrogens is 370 g/mol. The van der Waals surface area contributed by atoms with Crippen LogP contribution in [0.1, 0.15) is 43.7 Å². The number of nitrogens with one attached hydrogen (secondary N) is 3. The van der Waals surface area contributed by atoms with Gasteiger partial charge in [0.15, 0.2) is 5.11 Å². The average Bonchev–Trinajstić information content (AvgIpc) is 2.64. The first kappa shape index (κ1) is 21.6. The van der Waals surface area contributed by atoms with Gasteiger partial charge in [0.05, 0.1) is 6.42 Å². The van der Waals surface area contributed by atoms with Gasteiger partial charge in [0.1, 0.15) is 0 Å². The zero-order valence-electron chi connectivity index (χ0n) is 16.4. The highest BCUT2D eigenvalue weighted by atomic mass is 32.1. The summed E-state index contributed by atoms with van der Waals surface area (Å²) < 4.78 is 0. The molecule has 0 aliphatic rings. The maximum atomic E-state index is 12.2. The van der Waals surface area contributed by atoms with Gasteiger partial charge in [-0.3, -0.25) is 9.59 Å². The van der Waals surface area contributed by atoms with Crippen molar-refractivity contribution in [3.63, 3.8) is 0 Å². The maximum absolute atomic E-state index is 12.2. The molecule has 0 fully saturated rings. The quantitative estimate of drug-likeness (QED) is 0.451. The Morgan fingerprint density at radius 2 is 1.64 bits per heavy atom. The number of unbranched alkanes of at least 4 members (excludes halogenated alkanes) is 2. The van der Waals surface area contributed by atoms with E-state index in [-0.39, 0.29) is 23.3 Å². The number of carbonyl (C=O) groups is 2. The minimum Gasteiger partial charge on any atom is -0.332 e. The van der Waals surface area contributed by atoms with Gasteiger partial charge in [-0.25, -0.2) is 0 Å². The minimum absolute atomic E-state index is 0.000268. The number of carbonyl (C=O) groups excluding carboxylic acids is 2. The first-order valence-electron chi connectivity index (χ1n) is 9.53. The van der Waals surface area contributed by atoms with Crippen molar-refractivity contribution in [1.82, 2.24) is 5.32 Å². The molecule has 28 heavy (non-hydrogen) atoms. The van der Waals surface area contributed by atoms with Crippen molar-refractivity contribution in [2.75, 3.05) is 10.6 Å².